The molecule has 0 bridgehead atoms. The van der Waals surface area contributed by atoms with Crippen LogP contribution in [-0.4, -0.2) is 12.4 Å². The second-order valence-corrected chi connectivity index (χ2v) is 7.98. The highest BCUT2D eigenvalue weighted by Gasteiger charge is 2.18. The third-order valence-electron chi connectivity index (χ3n) is 4.79. The number of carbonyl (C=O) groups excluding carboxylic acids is 1. The fraction of sp³-hybridized carbons (Fsp3) is 0.240. The van der Waals surface area contributed by atoms with Crippen molar-refractivity contribution in [2.45, 2.75) is 32.2 Å². The summed E-state index contributed by atoms with van der Waals surface area (Å²) < 4.78 is 5.76. The van der Waals surface area contributed by atoms with E-state index in [-0.39, 0.29) is 11.8 Å². The Balaban J connectivity index is 1.78. The molecule has 0 fully saturated rings. The molecule has 0 aliphatic heterocycles. The van der Waals surface area contributed by atoms with Gasteiger partial charge in [0.2, 0.25) is 0 Å². The molecule has 0 aromatic heterocycles. The Morgan fingerprint density at radius 3 is 2.10 bits per heavy atom. The lowest BCUT2D eigenvalue weighted by Crippen LogP contribution is -2.16. The average Bonchev–Trinajstić information content (AvgIpc) is 2.76. The number of carbonyl (C=O) groups is 1. The first kappa shape index (κ1) is 22.2. The summed E-state index contributed by atoms with van der Waals surface area (Å²) in [4.78, 5) is 12.9. The minimum absolute atomic E-state index is 0.0430. The number of halogens is 2. The van der Waals surface area contributed by atoms with Gasteiger partial charge in [-0.3, -0.25) is 4.79 Å². The van der Waals surface area contributed by atoms with E-state index in [0.29, 0.717) is 28.6 Å². The van der Waals surface area contributed by atoms with Crippen molar-refractivity contribution in [3.63, 3.8) is 0 Å². The van der Waals surface area contributed by atoms with Crippen LogP contribution in [0.25, 0.3) is 0 Å². The topological polar surface area (TPSA) is 38.3 Å². The van der Waals surface area contributed by atoms with Crippen LogP contribution >= 0.6 is 23.2 Å². The summed E-state index contributed by atoms with van der Waals surface area (Å²) in [6.07, 6.45) is 2.43. The Morgan fingerprint density at radius 1 is 0.900 bits per heavy atom. The lowest BCUT2D eigenvalue weighted by molar-refractivity contribution is 0.0976. The molecule has 3 nitrogen and oxygen atoms in total. The van der Waals surface area contributed by atoms with Crippen molar-refractivity contribution in [1.82, 2.24) is 0 Å². The van der Waals surface area contributed by atoms with Gasteiger partial charge in [0.1, 0.15) is 5.75 Å². The standard InChI is InChI=1S/C25H25Cl2NO2/c1-2-3-16-30-23-14-6-18(7-15-23)24(28-22-12-10-21(27)11-13-22)17-25(29)19-4-8-20(26)9-5-19/h4-15,24,28H,2-3,16-17H2,1H3/t24-/m1/s1. The predicted molar refractivity (Wildman–Crippen MR) is 125 cm³/mol. The van der Waals surface area contributed by atoms with E-state index in [1.807, 2.05) is 48.5 Å². The van der Waals surface area contributed by atoms with Gasteiger partial charge in [0.15, 0.2) is 5.78 Å². The zero-order valence-corrected chi connectivity index (χ0v) is 18.4. The summed E-state index contributed by atoms with van der Waals surface area (Å²) >= 11 is 12.0. The summed E-state index contributed by atoms with van der Waals surface area (Å²) in [6.45, 7) is 2.84. The molecule has 0 unspecified atom stereocenters. The van der Waals surface area contributed by atoms with Crippen LogP contribution in [0, 0.1) is 0 Å². The fourth-order valence-electron chi connectivity index (χ4n) is 3.07. The first-order valence-electron chi connectivity index (χ1n) is 10.1. The van der Waals surface area contributed by atoms with E-state index in [9.17, 15) is 4.79 Å². The molecule has 3 aromatic carbocycles. The van der Waals surface area contributed by atoms with E-state index in [2.05, 4.69) is 12.2 Å². The summed E-state index contributed by atoms with van der Waals surface area (Å²) in [5.74, 6) is 0.878. The lowest BCUT2D eigenvalue weighted by Gasteiger charge is -2.20. The number of unbranched alkanes of at least 4 members (excludes halogenated alkanes) is 1. The van der Waals surface area contributed by atoms with Gasteiger partial charge in [0.05, 0.1) is 12.6 Å². The van der Waals surface area contributed by atoms with Gasteiger partial charge in [-0.25, -0.2) is 0 Å². The zero-order valence-electron chi connectivity index (χ0n) is 16.9. The molecule has 30 heavy (non-hydrogen) atoms. The number of hydrogen-bond donors (Lipinski definition) is 1. The maximum absolute atomic E-state index is 12.9. The second-order valence-electron chi connectivity index (χ2n) is 7.11. The number of anilines is 1. The maximum Gasteiger partial charge on any atom is 0.165 e. The molecule has 0 spiro atoms. The average molecular weight is 442 g/mol. The van der Waals surface area contributed by atoms with Crippen LogP contribution < -0.4 is 10.1 Å². The normalized spacial score (nSPS) is 11.7. The SMILES string of the molecule is CCCCOc1ccc([C@@H](CC(=O)c2ccc(Cl)cc2)Nc2ccc(Cl)cc2)cc1. The molecule has 0 saturated heterocycles. The molecule has 3 aromatic rings. The van der Waals surface area contributed by atoms with Gasteiger partial charge in [-0.15, -0.1) is 0 Å². The van der Waals surface area contributed by atoms with E-state index in [0.717, 1.165) is 29.8 Å². The van der Waals surface area contributed by atoms with Crippen molar-refractivity contribution in [1.29, 1.82) is 0 Å². The number of nitrogens with one attached hydrogen (secondary N) is 1. The monoisotopic (exact) mass is 441 g/mol. The van der Waals surface area contributed by atoms with Crippen molar-refractivity contribution in [2.75, 3.05) is 11.9 Å². The molecule has 0 aliphatic carbocycles. The summed E-state index contributed by atoms with van der Waals surface area (Å²) in [5, 5.41) is 4.74. The molecule has 1 N–H and O–H groups in total. The Morgan fingerprint density at radius 2 is 1.50 bits per heavy atom. The van der Waals surface area contributed by atoms with E-state index in [1.165, 1.54) is 0 Å². The highest BCUT2D eigenvalue weighted by atomic mass is 35.5. The van der Waals surface area contributed by atoms with Gasteiger partial charge in [0.25, 0.3) is 0 Å². The minimum atomic E-state index is -0.195. The van der Waals surface area contributed by atoms with Crippen molar-refractivity contribution in [3.05, 3.63) is 94.0 Å². The van der Waals surface area contributed by atoms with Crippen molar-refractivity contribution in [3.8, 4) is 5.75 Å². The first-order chi connectivity index (χ1) is 14.5. The molecule has 0 aliphatic rings. The van der Waals surface area contributed by atoms with Crippen LogP contribution in [0.5, 0.6) is 5.75 Å². The third-order valence-corrected chi connectivity index (χ3v) is 5.29. The fourth-order valence-corrected chi connectivity index (χ4v) is 3.32. The maximum atomic E-state index is 12.9. The molecule has 0 heterocycles. The van der Waals surface area contributed by atoms with Crippen molar-refractivity contribution < 1.29 is 9.53 Å². The summed E-state index contributed by atoms with van der Waals surface area (Å²) in [6, 6.07) is 22.2. The van der Waals surface area contributed by atoms with Crippen LogP contribution in [0.2, 0.25) is 10.0 Å². The quantitative estimate of drug-likeness (QED) is 0.260. The largest absolute Gasteiger partial charge is 0.494 e. The van der Waals surface area contributed by atoms with Crippen molar-refractivity contribution in [2.24, 2.45) is 0 Å². The number of ether oxygens (including phenoxy) is 1. The second kappa shape index (κ2) is 11.1. The van der Waals surface area contributed by atoms with Crippen LogP contribution in [-0.2, 0) is 0 Å². The van der Waals surface area contributed by atoms with Gasteiger partial charge in [0, 0.05) is 27.7 Å². The molecule has 0 amide bonds. The Bertz CT molecular complexity index is 938. The van der Waals surface area contributed by atoms with E-state index in [1.54, 1.807) is 24.3 Å². The molecular weight excluding hydrogens is 417 g/mol. The van der Waals surface area contributed by atoms with Crippen molar-refractivity contribution >= 4 is 34.7 Å². The van der Waals surface area contributed by atoms with Crippen LogP contribution in [0.15, 0.2) is 72.8 Å². The smallest absolute Gasteiger partial charge is 0.165 e. The van der Waals surface area contributed by atoms with Gasteiger partial charge < -0.3 is 10.1 Å². The molecule has 156 valence electrons. The summed E-state index contributed by atoms with van der Waals surface area (Å²) in [7, 11) is 0. The van der Waals surface area contributed by atoms with E-state index in [4.69, 9.17) is 27.9 Å². The minimum Gasteiger partial charge on any atom is -0.494 e. The van der Waals surface area contributed by atoms with Gasteiger partial charge in [-0.2, -0.15) is 0 Å². The number of benzene rings is 3. The van der Waals surface area contributed by atoms with E-state index >= 15 is 0 Å². The highest BCUT2D eigenvalue weighted by Crippen LogP contribution is 2.27. The van der Waals surface area contributed by atoms with Crippen LogP contribution in [0.1, 0.15) is 48.1 Å². The highest BCUT2D eigenvalue weighted by molar-refractivity contribution is 6.31. The molecular formula is C25H25Cl2NO2. The number of rotatable bonds is 10. The molecule has 3 rings (SSSR count). The van der Waals surface area contributed by atoms with Gasteiger partial charge in [-0.05, 0) is 72.6 Å². The Hall–Kier alpha value is -2.49. The first-order valence-corrected chi connectivity index (χ1v) is 10.8. The molecule has 0 saturated carbocycles. The van der Waals surface area contributed by atoms with E-state index < -0.39 is 0 Å². The van der Waals surface area contributed by atoms with Gasteiger partial charge >= 0.3 is 0 Å². The summed E-state index contributed by atoms with van der Waals surface area (Å²) in [5.41, 5.74) is 2.55. The third kappa shape index (κ3) is 6.51. The van der Waals surface area contributed by atoms with Crippen LogP contribution in [0.3, 0.4) is 0 Å². The lowest BCUT2D eigenvalue weighted by atomic mass is 9.97. The predicted octanol–water partition coefficient (Wildman–Crippen LogP) is 7.60. The molecule has 5 heteroatoms. The Kier molecular flexibility index (Phi) is 8.18. The number of ketones is 1. The molecule has 0 radical (unpaired) electrons. The Labute approximate surface area is 188 Å². The number of Topliss-reactive ketones (excluding diaryl/α,β-unsaturated/α-hetero) is 1. The number of hydrogen-bond acceptors (Lipinski definition) is 3. The molecule has 1 atom stereocenters. The van der Waals surface area contributed by atoms with Gasteiger partial charge in [-0.1, -0.05) is 48.7 Å². The zero-order chi connectivity index (χ0) is 21.3. The van der Waals surface area contributed by atoms with Crippen LogP contribution in [0.4, 0.5) is 5.69 Å².